The van der Waals surface area contributed by atoms with Gasteiger partial charge in [-0.1, -0.05) is 13.8 Å². The number of hydrogen-bond donors (Lipinski definition) is 1. The van der Waals surface area contributed by atoms with Crippen molar-refractivity contribution < 1.29 is 9.53 Å². The number of aldehydes is 1. The minimum Gasteiger partial charge on any atom is -0.388 e. The Hall–Kier alpha value is -1.68. The van der Waals surface area contributed by atoms with E-state index in [2.05, 4.69) is 14.7 Å². The van der Waals surface area contributed by atoms with Gasteiger partial charge >= 0.3 is 0 Å². The topological polar surface area (TPSA) is 55.0 Å². The lowest BCUT2D eigenvalue weighted by atomic mass is 9.87. The molecule has 0 fully saturated rings. The van der Waals surface area contributed by atoms with E-state index in [1.807, 2.05) is 39.8 Å². The third kappa shape index (κ3) is 3.90. The molecule has 2 rings (SSSR count). The number of aromatic nitrogens is 2. The lowest BCUT2D eigenvalue weighted by Crippen LogP contribution is -2.16. The Kier molecular flexibility index (Phi) is 5.45. The monoisotopic (exact) mass is 276 g/mol. The second kappa shape index (κ2) is 6.66. The number of H-pyrrole nitrogens is 1. The van der Waals surface area contributed by atoms with Gasteiger partial charge < -0.3 is 14.5 Å². The van der Waals surface area contributed by atoms with Crippen molar-refractivity contribution in [3.63, 3.8) is 0 Å². The van der Waals surface area contributed by atoms with E-state index in [0.717, 1.165) is 40.7 Å². The highest BCUT2D eigenvalue weighted by Crippen LogP contribution is 2.27. The first kappa shape index (κ1) is 16.4. The molecule has 110 valence electrons. The van der Waals surface area contributed by atoms with Crippen LogP contribution in [-0.2, 0) is 16.0 Å². The van der Waals surface area contributed by atoms with Crippen molar-refractivity contribution in [2.24, 2.45) is 5.41 Å². The normalized spacial score (nSPS) is 11.1. The van der Waals surface area contributed by atoms with Crippen molar-refractivity contribution in [2.45, 2.75) is 34.1 Å². The Morgan fingerprint density at radius 1 is 1.30 bits per heavy atom. The number of nitrogens with zero attached hydrogens (tertiary/aromatic N) is 1. The fourth-order valence-corrected chi connectivity index (χ4v) is 2.06. The summed E-state index contributed by atoms with van der Waals surface area (Å²) in [7, 11) is 3.25. The molecule has 0 radical (unpaired) electrons. The molecule has 20 heavy (non-hydrogen) atoms. The van der Waals surface area contributed by atoms with Gasteiger partial charge in [0.2, 0.25) is 0 Å². The van der Waals surface area contributed by atoms with Crippen LogP contribution in [-0.4, -0.2) is 30.5 Å². The molecule has 0 aliphatic rings. The van der Waals surface area contributed by atoms with Gasteiger partial charge in [0, 0.05) is 31.0 Å². The van der Waals surface area contributed by atoms with Crippen molar-refractivity contribution >= 4 is 17.3 Å². The van der Waals surface area contributed by atoms with Crippen LogP contribution in [0, 0.1) is 19.3 Å². The summed E-state index contributed by atoms with van der Waals surface area (Å²) < 4.78 is 4.25. The zero-order valence-corrected chi connectivity index (χ0v) is 13.2. The molecule has 0 spiro atoms. The average Bonchev–Trinajstić information content (AvgIpc) is 2.67. The van der Waals surface area contributed by atoms with Gasteiger partial charge in [-0.05, 0) is 38.0 Å². The molecule has 2 aromatic rings. The number of aryl methyl sites for hydroxylation is 2. The Bertz CT molecular complexity index is 585. The van der Waals surface area contributed by atoms with Gasteiger partial charge in [0.05, 0.1) is 11.0 Å². The summed E-state index contributed by atoms with van der Waals surface area (Å²) >= 11 is 0. The first-order chi connectivity index (χ1) is 9.34. The SMILES string of the molecule is COC.Cc1ccc2[nH]c(C)c(CC(C)(C)C=O)c2n1. The second-order valence-electron chi connectivity index (χ2n) is 5.77. The maximum absolute atomic E-state index is 11.0. The molecule has 0 saturated heterocycles. The third-order valence-corrected chi connectivity index (χ3v) is 3.05. The number of fused-ring (bicyclic) bond motifs is 1. The number of aromatic amines is 1. The van der Waals surface area contributed by atoms with Gasteiger partial charge in [0.15, 0.2) is 0 Å². The van der Waals surface area contributed by atoms with Crippen LogP contribution < -0.4 is 0 Å². The molecular formula is C16H24N2O2. The van der Waals surface area contributed by atoms with Crippen LogP contribution in [0.1, 0.15) is 30.8 Å². The summed E-state index contributed by atoms with van der Waals surface area (Å²) in [6.45, 7) is 7.92. The first-order valence-electron chi connectivity index (χ1n) is 6.66. The van der Waals surface area contributed by atoms with E-state index in [4.69, 9.17) is 0 Å². The van der Waals surface area contributed by atoms with Gasteiger partial charge in [-0.15, -0.1) is 0 Å². The average molecular weight is 276 g/mol. The van der Waals surface area contributed by atoms with E-state index in [1.54, 1.807) is 14.2 Å². The first-order valence-corrected chi connectivity index (χ1v) is 6.66. The number of carbonyl (C=O) groups excluding carboxylic acids is 1. The summed E-state index contributed by atoms with van der Waals surface area (Å²) in [5, 5.41) is 0. The number of nitrogens with one attached hydrogen (secondary N) is 1. The molecule has 0 atom stereocenters. The summed E-state index contributed by atoms with van der Waals surface area (Å²) in [4.78, 5) is 18.9. The predicted octanol–water partition coefficient (Wildman–Crippen LogP) is 3.21. The summed E-state index contributed by atoms with van der Waals surface area (Å²) in [6, 6.07) is 4.04. The van der Waals surface area contributed by atoms with Crippen molar-refractivity contribution in [3.05, 3.63) is 29.1 Å². The van der Waals surface area contributed by atoms with E-state index in [9.17, 15) is 4.79 Å². The highest BCUT2D eigenvalue weighted by Gasteiger charge is 2.21. The fraction of sp³-hybridized carbons (Fsp3) is 0.500. The van der Waals surface area contributed by atoms with E-state index in [0.29, 0.717) is 0 Å². The van der Waals surface area contributed by atoms with E-state index in [1.165, 1.54) is 0 Å². The number of hydrogen-bond acceptors (Lipinski definition) is 3. The molecule has 4 heteroatoms. The van der Waals surface area contributed by atoms with Crippen LogP contribution in [0.25, 0.3) is 11.0 Å². The smallest absolute Gasteiger partial charge is 0.125 e. The molecule has 0 saturated carbocycles. The van der Waals surface area contributed by atoms with Crippen LogP contribution >= 0.6 is 0 Å². The van der Waals surface area contributed by atoms with E-state index in [-0.39, 0.29) is 5.41 Å². The van der Waals surface area contributed by atoms with Gasteiger partial charge in [-0.25, -0.2) is 0 Å². The highest BCUT2D eigenvalue weighted by molar-refractivity contribution is 5.81. The largest absolute Gasteiger partial charge is 0.388 e. The Balaban J connectivity index is 0.000000612. The number of carbonyl (C=O) groups is 1. The molecule has 0 aromatic carbocycles. The second-order valence-corrected chi connectivity index (χ2v) is 5.77. The van der Waals surface area contributed by atoms with Crippen LogP contribution in [0.15, 0.2) is 12.1 Å². The fourth-order valence-electron chi connectivity index (χ4n) is 2.06. The van der Waals surface area contributed by atoms with Crippen LogP contribution in [0.3, 0.4) is 0 Å². The zero-order valence-electron chi connectivity index (χ0n) is 13.2. The number of ether oxygens (including phenoxy) is 1. The number of rotatable bonds is 3. The van der Waals surface area contributed by atoms with Gasteiger partial charge in [-0.2, -0.15) is 0 Å². The predicted molar refractivity (Wildman–Crippen MR) is 82.0 cm³/mol. The highest BCUT2D eigenvalue weighted by atomic mass is 16.4. The van der Waals surface area contributed by atoms with Crippen LogP contribution in [0.4, 0.5) is 0 Å². The standard InChI is InChI=1S/C14H18N2O.C2H6O/c1-9-5-6-12-13(15-9)11(10(2)16-12)7-14(3,4)8-17;1-3-2/h5-6,8,16H,7H2,1-4H3;1-2H3. The maximum Gasteiger partial charge on any atom is 0.125 e. The molecule has 0 aliphatic carbocycles. The lowest BCUT2D eigenvalue weighted by molar-refractivity contribution is -0.114. The maximum atomic E-state index is 11.0. The zero-order chi connectivity index (χ0) is 15.3. The van der Waals surface area contributed by atoms with Crippen molar-refractivity contribution in [2.75, 3.05) is 14.2 Å². The van der Waals surface area contributed by atoms with Gasteiger partial charge in [0.1, 0.15) is 6.29 Å². The Morgan fingerprint density at radius 2 is 1.90 bits per heavy atom. The minimum atomic E-state index is -0.342. The minimum absolute atomic E-state index is 0.342. The van der Waals surface area contributed by atoms with Gasteiger partial charge in [-0.3, -0.25) is 4.98 Å². The van der Waals surface area contributed by atoms with Crippen LogP contribution in [0.5, 0.6) is 0 Å². The lowest BCUT2D eigenvalue weighted by Gasteiger charge is -2.16. The molecule has 0 unspecified atom stereocenters. The van der Waals surface area contributed by atoms with E-state index < -0.39 is 0 Å². The van der Waals surface area contributed by atoms with Gasteiger partial charge in [0.25, 0.3) is 0 Å². The molecule has 2 aromatic heterocycles. The summed E-state index contributed by atoms with van der Waals surface area (Å²) in [5.74, 6) is 0. The molecular weight excluding hydrogens is 252 g/mol. The van der Waals surface area contributed by atoms with E-state index >= 15 is 0 Å². The summed E-state index contributed by atoms with van der Waals surface area (Å²) in [6.07, 6.45) is 1.74. The van der Waals surface area contributed by atoms with Crippen molar-refractivity contribution in [1.82, 2.24) is 9.97 Å². The molecule has 1 N–H and O–H groups in total. The number of methoxy groups -OCH3 is 1. The molecule has 0 amide bonds. The molecule has 0 bridgehead atoms. The van der Waals surface area contributed by atoms with Crippen molar-refractivity contribution in [1.29, 1.82) is 0 Å². The third-order valence-electron chi connectivity index (χ3n) is 3.05. The molecule has 0 aliphatic heterocycles. The van der Waals surface area contributed by atoms with Crippen molar-refractivity contribution in [3.8, 4) is 0 Å². The quantitative estimate of drug-likeness (QED) is 0.876. The Morgan fingerprint density at radius 3 is 2.45 bits per heavy atom. The Labute approximate surface area is 120 Å². The van der Waals surface area contributed by atoms with Crippen LogP contribution in [0.2, 0.25) is 0 Å². The number of pyridine rings is 1. The summed E-state index contributed by atoms with van der Waals surface area (Å²) in [5.41, 5.74) is 4.96. The molecule has 2 heterocycles. The molecule has 4 nitrogen and oxygen atoms in total.